The molecule has 0 bridgehead atoms. The molecule has 2 nitrogen and oxygen atoms in total. The van der Waals surface area contributed by atoms with E-state index < -0.39 is 11.6 Å². The Kier molecular flexibility index (Phi) is 5.22. The Morgan fingerprint density at radius 1 is 1.18 bits per heavy atom. The molecule has 4 heteroatoms. The number of hydrogen-bond donors (Lipinski definition) is 0. The first-order chi connectivity index (χ1) is 8.08. The first-order valence-corrected chi connectivity index (χ1v) is 5.79. The largest absolute Gasteiger partial charge is 0.303 e. The summed E-state index contributed by atoms with van der Waals surface area (Å²) in [6, 6.07) is 3.27. The number of ketones is 1. The van der Waals surface area contributed by atoms with Crippen LogP contribution in [-0.2, 0) is 0 Å². The van der Waals surface area contributed by atoms with Crippen LogP contribution in [0.25, 0.3) is 0 Å². The van der Waals surface area contributed by atoms with Crippen LogP contribution in [0.1, 0.15) is 30.6 Å². The molecule has 1 rings (SSSR count). The summed E-state index contributed by atoms with van der Waals surface area (Å²) < 4.78 is 25.6. The SMILES string of the molecule is CCN(CC)CCC(=O)c1ccc(F)c(F)c1. The molecule has 0 saturated heterocycles. The highest BCUT2D eigenvalue weighted by molar-refractivity contribution is 5.96. The minimum atomic E-state index is -0.973. The Morgan fingerprint density at radius 3 is 2.35 bits per heavy atom. The summed E-state index contributed by atoms with van der Waals surface area (Å²) in [4.78, 5) is 13.8. The molecule has 0 saturated carbocycles. The van der Waals surface area contributed by atoms with Crippen molar-refractivity contribution in [1.29, 1.82) is 0 Å². The summed E-state index contributed by atoms with van der Waals surface area (Å²) >= 11 is 0. The summed E-state index contributed by atoms with van der Waals surface area (Å²) in [5.41, 5.74) is 0.232. The minimum absolute atomic E-state index is 0.157. The van der Waals surface area contributed by atoms with Crippen molar-refractivity contribution >= 4 is 5.78 Å². The molecule has 1 aromatic carbocycles. The lowest BCUT2D eigenvalue weighted by Crippen LogP contribution is -2.25. The lowest BCUT2D eigenvalue weighted by Gasteiger charge is -2.17. The van der Waals surface area contributed by atoms with Gasteiger partial charge >= 0.3 is 0 Å². The molecule has 0 aliphatic carbocycles. The molecule has 0 unspecified atom stereocenters. The molecule has 0 heterocycles. The number of carbonyl (C=O) groups is 1. The number of nitrogens with zero attached hydrogens (tertiary/aromatic N) is 1. The fourth-order valence-electron chi connectivity index (χ4n) is 1.61. The maximum atomic E-state index is 12.9. The fraction of sp³-hybridized carbons (Fsp3) is 0.462. The highest BCUT2D eigenvalue weighted by atomic mass is 19.2. The Bertz CT molecular complexity index is 389. The molecule has 0 amide bonds. The third-order valence-corrected chi connectivity index (χ3v) is 2.79. The van der Waals surface area contributed by atoms with Crippen molar-refractivity contribution in [3.8, 4) is 0 Å². The first-order valence-electron chi connectivity index (χ1n) is 5.79. The van der Waals surface area contributed by atoms with Crippen LogP contribution in [-0.4, -0.2) is 30.3 Å². The van der Waals surface area contributed by atoms with Gasteiger partial charge < -0.3 is 4.90 Å². The Labute approximate surface area is 100 Å². The predicted molar refractivity (Wildman–Crippen MR) is 63.1 cm³/mol. The quantitative estimate of drug-likeness (QED) is 0.714. The molecule has 94 valence electrons. The highest BCUT2D eigenvalue weighted by Crippen LogP contribution is 2.10. The van der Waals surface area contributed by atoms with Gasteiger partial charge in [-0.15, -0.1) is 0 Å². The molecule has 0 atom stereocenters. The van der Waals surface area contributed by atoms with Crippen LogP contribution in [0.3, 0.4) is 0 Å². The molecule has 0 spiro atoms. The van der Waals surface area contributed by atoms with Crippen LogP contribution in [0.15, 0.2) is 18.2 Å². The maximum Gasteiger partial charge on any atom is 0.164 e. The van der Waals surface area contributed by atoms with Gasteiger partial charge in [-0.05, 0) is 31.3 Å². The van der Waals surface area contributed by atoms with Gasteiger partial charge in [0.2, 0.25) is 0 Å². The van der Waals surface area contributed by atoms with Crippen molar-refractivity contribution in [2.45, 2.75) is 20.3 Å². The monoisotopic (exact) mass is 241 g/mol. The first kappa shape index (κ1) is 13.8. The van der Waals surface area contributed by atoms with E-state index in [1.807, 2.05) is 13.8 Å². The summed E-state index contributed by atoms with van der Waals surface area (Å²) in [7, 11) is 0. The van der Waals surface area contributed by atoms with Gasteiger partial charge in [0.25, 0.3) is 0 Å². The second-order valence-corrected chi connectivity index (χ2v) is 3.83. The predicted octanol–water partition coefficient (Wildman–Crippen LogP) is 2.88. The lowest BCUT2D eigenvalue weighted by atomic mass is 10.1. The molecule has 0 aromatic heterocycles. The van der Waals surface area contributed by atoms with Crippen molar-refractivity contribution in [2.75, 3.05) is 19.6 Å². The van der Waals surface area contributed by atoms with Gasteiger partial charge in [0.1, 0.15) is 0 Å². The summed E-state index contributed by atoms with van der Waals surface area (Å²) in [6.07, 6.45) is 0.326. The van der Waals surface area contributed by atoms with Crippen LogP contribution in [0.5, 0.6) is 0 Å². The number of hydrogen-bond acceptors (Lipinski definition) is 2. The van der Waals surface area contributed by atoms with Crippen molar-refractivity contribution in [2.24, 2.45) is 0 Å². The number of halogens is 2. The summed E-state index contributed by atoms with van der Waals surface area (Å²) in [6.45, 7) is 6.44. The van der Waals surface area contributed by atoms with E-state index >= 15 is 0 Å². The second-order valence-electron chi connectivity index (χ2n) is 3.83. The number of benzene rings is 1. The van der Waals surface area contributed by atoms with E-state index in [-0.39, 0.29) is 11.3 Å². The van der Waals surface area contributed by atoms with Gasteiger partial charge in [-0.3, -0.25) is 4.79 Å². The third-order valence-electron chi connectivity index (χ3n) is 2.79. The second kappa shape index (κ2) is 6.45. The summed E-state index contributed by atoms with van der Waals surface area (Å²) in [5.74, 6) is -2.06. The van der Waals surface area contributed by atoms with Crippen LogP contribution in [0, 0.1) is 11.6 Å². The van der Waals surface area contributed by atoms with Gasteiger partial charge in [0, 0.05) is 18.5 Å². The minimum Gasteiger partial charge on any atom is -0.303 e. The molecule has 0 N–H and O–H groups in total. The molecule has 0 radical (unpaired) electrons. The number of rotatable bonds is 6. The molecule has 0 aliphatic rings. The van der Waals surface area contributed by atoms with E-state index in [1.165, 1.54) is 6.07 Å². The van der Waals surface area contributed by atoms with Crippen LogP contribution < -0.4 is 0 Å². The van der Waals surface area contributed by atoms with E-state index in [4.69, 9.17) is 0 Å². The zero-order chi connectivity index (χ0) is 12.8. The molecule has 1 aromatic rings. The summed E-state index contributed by atoms with van der Waals surface area (Å²) in [5, 5.41) is 0. The van der Waals surface area contributed by atoms with Crippen LogP contribution in [0.4, 0.5) is 8.78 Å². The van der Waals surface area contributed by atoms with Gasteiger partial charge in [0.15, 0.2) is 17.4 Å². The van der Waals surface area contributed by atoms with Gasteiger partial charge in [-0.1, -0.05) is 13.8 Å². The normalized spacial score (nSPS) is 10.9. The van der Waals surface area contributed by atoms with E-state index in [1.54, 1.807) is 0 Å². The fourth-order valence-corrected chi connectivity index (χ4v) is 1.61. The molecule has 0 aliphatic heterocycles. The topological polar surface area (TPSA) is 20.3 Å². The Morgan fingerprint density at radius 2 is 1.82 bits per heavy atom. The van der Waals surface area contributed by atoms with Gasteiger partial charge in [-0.2, -0.15) is 0 Å². The highest BCUT2D eigenvalue weighted by Gasteiger charge is 2.10. The number of Topliss-reactive ketones (excluding diaryl/α,β-unsaturated/α-hetero) is 1. The average molecular weight is 241 g/mol. The van der Waals surface area contributed by atoms with E-state index in [0.29, 0.717) is 13.0 Å². The van der Waals surface area contributed by atoms with Gasteiger partial charge in [0.05, 0.1) is 0 Å². The zero-order valence-electron chi connectivity index (χ0n) is 10.2. The average Bonchev–Trinajstić information content (AvgIpc) is 2.33. The van der Waals surface area contributed by atoms with Crippen LogP contribution >= 0.6 is 0 Å². The van der Waals surface area contributed by atoms with E-state index in [0.717, 1.165) is 25.2 Å². The Balaban J connectivity index is 2.61. The van der Waals surface area contributed by atoms with E-state index in [2.05, 4.69) is 4.90 Å². The van der Waals surface area contributed by atoms with E-state index in [9.17, 15) is 13.6 Å². The molecule has 17 heavy (non-hydrogen) atoms. The van der Waals surface area contributed by atoms with Gasteiger partial charge in [-0.25, -0.2) is 8.78 Å². The third kappa shape index (κ3) is 3.89. The zero-order valence-corrected chi connectivity index (χ0v) is 10.2. The standard InChI is InChI=1S/C13H17F2NO/c1-3-16(4-2)8-7-13(17)10-5-6-11(14)12(15)9-10/h5-6,9H,3-4,7-8H2,1-2H3. The van der Waals surface area contributed by atoms with Crippen molar-refractivity contribution < 1.29 is 13.6 Å². The number of carbonyl (C=O) groups excluding carboxylic acids is 1. The van der Waals surface area contributed by atoms with Crippen molar-refractivity contribution in [1.82, 2.24) is 4.90 Å². The Hall–Kier alpha value is -1.29. The molecule has 0 fully saturated rings. The van der Waals surface area contributed by atoms with Crippen molar-refractivity contribution in [3.05, 3.63) is 35.4 Å². The van der Waals surface area contributed by atoms with Crippen molar-refractivity contribution in [3.63, 3.8) is 0 Å². The maximum absolute atomic E-state index is 12.9. The lowest BCUT2D eigenvalue weighted by molar-refractivity contribution is 0.0966. The molecular formula is C13H17F2NO. The van der Waals surface area contributed by atoms with Crippen LogP contribution in [0.2, 0.25) is 0 Å². The smallest absolute Gasteiger partial charge is 0.164 e. The molecular weight excluding hydrogens is 224 g/mol.